The van der Waals surface area contributed by atoms with E-state index in [-0.39, 0.29) is 27.9 Å². The average Bonchev–Trinajstić information content (AvgIpc) is 3.36. The van der Waals surface area contributed by atoms with Crippen molar-refractivity contribution < 1.29 is 29.0 Å². The number of Topliss-reactive ketones (excluding diaryl/α,β-unsaturated/α-hetero) is 1. The molecule has 3 aromatic rings. The van der Waals surface area contributed by atoms with Crippen molar-refractivity contribution in [3.8, 4) is 5.75 Å². The molecule has 1 aliphatic heterocycles. The van der Waals surface area contributed by atoms with Crippen LogP contribution in [-0.2, 0) is 14.3 Å². The zero-order valence-electron chi connectivity index (χ0n) is 18.8. The molecular weight excluding hydrogens is 456 g/mol. The lowest BCUT2D eigenvalue weighted by atomic mass is 9.95. The largest absolute Gasteiger partial charge is 0.507 e. The number of hydrogen-bond donors (Lipinski definition) is 1. The van der Waals surface area contributed by atoms with Crippen LogP contribution in [0.4, 0.5) is 5.13 Å². The number of ketones is 1. The van der Waals surface area contributed by atoms with Crippen LogP contribution in [0.25, 0.3) is 5.76 Å². The molecule has 0 spiro atoms. The highest BCUT2D eigenvalue weighted by molar-refractivity contribution is 7.17. The summed E-state index contributed by atoms with van der Waals surface area (Å²) in [6.07, 6.45) is 0. The van der Waals surface area contributed by atoms with E-state index in [0.717, 1.165) is 11.3 Å². The first-order valence-corrected chi connectivity index (χ1v) is 11.3. The van der Waals surface area contributed by atoms with Gasteiger partial charge in [0, 0.05) is 5.56 Å². The maximum atomic E-state index is 13.2. The maximum absolute atomic E-state index is 13.2. The Morgan fingerprint density at radius 2 is 1.79 bits per heavy atom. The van der Waals surface area contributed by atoms with Gasteiger partial charge in [-0.3, -0.25) is 14.5 Å². The lowest BCUT2D eigenvalue weighted by Gasteiger charge is -2.23. The van der Waals surface area contributed by atoms with Gasteiger partial charge < -0.3 is 14.6 Å². The minimum atomic E-state index is -0.952. The summed E-state index contributed by atoms with van der Waals surface area (Å²) in [5.41, 5.74) is 1.30. The van der Waals surface area contributed by atoms with Gasteiger partial charge in [0.05, 0.1) is 31.0 Å². The Balaban J connectivity index is 1.90. The minimum Gasteiger partial charge on any atom is -0.507 e. The van der Waals surface area contributed by atoms with Gasteiger partial charge in [0.25, 0.3) is 5.78 Å². The third kappa shape index (κ3) is 4.06. The summed E-state index contributed by atoms with van der Waals surface area (Å²) in [4.78, 5) is 44.6. The number of anilines is 1. The number of aryl methyl sites for hydroxylation is 1. The van der Waals surface area contributed by atoms with Crippen molar-refractivity contribution in [2.24, 2.45) is 0 Å². The normalized spacial score (nSPS) is 17.1. The number of aliphatic hydroxyl groups is 1. The second-order valence-corrected chi connectivity index (χ2v) is 8.42. The average molecular weight is 479 g/mol. The summed E-state index contributed by atoms with van der Waals surface area (Å²) in [5.74, 6) is -1.93. The molecule has 0 unspecified atom stereocenters. The number of aromatic nitrogens is 1. The Morgan fingerprint density at radius 3 is 2.41 bits per heavy atom. The van der Waals surface area contributed by atoms with Crippen LogP contribution in [0.15, 0.2) is 60.2 Å². The molecule has 2 heterocycles. The number of hydrogen-bond acceptors (Lipinski definition) is 8. The molecule has 34 heavy (non-hydrogen) atoms. The molecule has 1 saturated heterocycles. The van der Waals surface area contributed by atoms with Gasteiger partial charge in [0.15, 0.2) is 5.13 Å². The Labute approximate surface area is 200 Å². The van der Waals surface area contributed by atoms with Gasteiger partial charge in [-0.15, -0.1) is 0 Å². The summed E-state index contributed by atoms with van der Waals surface area (Å²) >= 11 is 0.965. The van der Waals surface area contributed by atoms with Gasteiger partial charge >= 0.3 is 11.9 Å². The van der Waals surface area contributed by atoms with E-state index in [2.05, 4.69) is 4.98 Å². The third-order valence-electron chi connectivity index (χ3n) is 5.38. The summed E-state index contributed by atoms with van der Waals surface area (Å²) in [5, 5.41) is 11.3. The monoisotopic (exact) mass is 478 g/mol. The smallest absolute Gasteiger partial charge is 0.350 e. The lowest BCUT2D eigenvalue weighted by Crippen LogP contribution is -2.29. The highest BCUT2D eigenvalue weighted by Crippen LogP contribution is 2.44. The Hall–Kier alpha value is -3.98. The van der Waals surface area contributed by atoms with Crippen molar-refractivity contribution in [3.63, 3.8) is 0 Å². The molecule has 1 aromatic heterocycles. The van der Waals surface area contributed by atoms with Crippen LogP contribution in [0.1, 0.15) is 39.5 Å². The molecule has 0 aliphatic carbocycles. The summed E-state index contributed by atoms with van der Waals surface area (Å²) in [6.45, 7) is 3.52. The van der Waals surface area contributed by atoms with Crippen LogP contribution in [0.3, 0.4) is 0 Å². The van der Waals surface area contributed by atoms with Crippen LogP contribution in [0, 0.1) is 6.92 Å². The SMILES string of the molecule is CCOC(=O)c1sc(N2C(=O)C(=O)C(=C(O)c3ccccc3)[C@@H]2c2ccc(OC)cc2)nc1C. The maximum Gasteiger partial charge on any atom is 0.350 e. The molecular formula is C25H22N2O6S. The first-order chi connectivity index (χ1) is 16.4. The van der Waals surface area contributed by atoms with E-state index in [1.807, 2.05) is 0 Å². The van der Waals surface area contributed by atoms with Crippen molar-refractivity contribution in [2.75, 3.05) is 18.6 Å². The molecule has 1 aliphatic rings. The molecule has 0 saturated carbocycles. The van der Waals surface area contributed by atoms with Crippen LogP contribution in [-0.4, -0.2) is 41.5 Å². The summed E-state index contributed by atoms with van der Waals surface area (Å²) < 4.78 is 10.3. The van der Waals surface area contributed by atoms with E-state index in [4.69, 9.17) is 9.47 Å². The van der Waals surface area contributed by atoms with Gasteiger partial charge in [-0.2, -0.15) is 0 Å². The molecule has 9 heteroatoms. The molecule has 8 nitrogen and oxygen atoms in total. The highest BCUT2D eigenvalue weighted by atomic mass is 32.1. The molecule has 1 N–H and O–H groups in total. The second kappa shape index (κ2) is 9.48. The van der Waals surface area contributed by atoms with Gasteiger partial charge in [-0.25, -0.2) is 9.78 Å². The second-order valence-electron chi connectivity index (χ2n) is 7.44. The quantitative estimate of drug-likeness (QED) is 0.244. The van der Waals surface area contributed by atoms with E-state index < -0.39 is 23.7 Å². The van der Waals surface area contributed by atoms with E-state index in [1.54, 1.807) is 68.4 Å². The number of aliphatic hydroxyl groups excluding tert-OH is 1. The highest BCUT2D eigenvalue weighted by Gasteiger charge is 2.48. The molecule has 1 fully saturated rings. The Morgan fingerprint density at radius 1 is 1.12 bits per heavy atom. The first kappa shape index (κ1) is 23.2. The zero-order valence-corrected chi connectivity index (χ0v) is 19.6. The minimum absolute atomic E-state index is 0.0631. The van der Waals surface area contributed by atoms with Crippen molar-refractivity contribution in [3.05, 3.63) is 81.9 Å². The van der Waals surface area contributed by atoms with Crippen molar-refractivity contribution in [1.29, 1.82) is 0 Å². The molecule has 1 atom stereocenters. The van der Waals surface area contributed by atoms with E-state index in [9.17, 15) is 19.5 Å². The molecule has 0 radical (unpaired) electrons. The Bertz CT molecular complexity index is 1280. The van der Waals surface area contributed by atoms with Gasteiger partial charge in [0.2, 0.25) is 0 Å². The fourth-order valence-corrected chi connectivity index (χ4v) is 4.74. The molecule has 4 rings (SSSR count). The van der Waals surface area contributed by atoms with Crippen molar-refractivity contribution in [2.45, 2.75) is 19.9 Å². The summed E-state index contributed by atoms with van der Waals surface area (Å²) in [7, 11) is 1.53. The Kier molecular flexibility index (Phi) is 6.47. The van der Waals surface area contributed by atoms with Crippen LogP contribution in [0.2, 0.25) is 0 Å². The topological polar surface area (TPSA) is 106 Å². The number of ether oxygens (including phenoxy) is 2. The van der Waals surface area contributed by atoms with E-state index >= 15 is 0 Å². The number of esters is 1. The predicted molar refractivity (Wildman–Crippen MR) is 127 cm³/mol. The fourth-order valence-electron chi connectivity index (χ4n) is 3.75. The van der Waals surface area contributed by atoms with Crippen LogP contribution >= 0.6 is 11.3 Å². The number of carbonyl (C=O) groups is 3. The number of benzene rings is 2. The third-order valence-corrected chi connectivity index (χ3v) is 6.51. The van der Waals surface area contributed by atoms with Crippen LogP contribution in [0.5, 0.6) is 5.75 Å². The standard InChI is InChI=1S/C25H22N2O6S/c1-4-33-24(31)22-14(2)26-25(34-22)27-19(15-10-12-17(32-3)13-11-15)18(21(29)23(27)30)20(28)16-8-6-5-7-9-16/h5-13,19,28H,4H2,1-3H3/t19-/m0/s1. The molecule has 2 aromatic carbocycles. The van der Waals surface area contributed by atoms with Gasteiger partial charge in [-0.1, -0.05) is 53.8 Å². The lowest BCUT2D eigenvalue weighted by molar-refractivity contribution is -0.132. The fraction of sp³-hybridized carbons (Fsp3) is 0.200. The molecule has 174 valence electrons. The van der Waals surface area contributed by atoms with E-state index in [1.165, 1.54) is 12.0 Å². The van der Waals surface area contributed by atoms with E-state index in [0.29, 0.717) is 22.6 Å². The van der Waals surface area contributed by atoms with Gasteiger partial charge in [-0.05, 0) is 31.5 Å². The molecule has 0 bridgehead atoms. The molecule has 1 amide bonds. The first-order valence-electron chi connectivity index (χ1n) is 10.5. The number of carbonyl (C=O) groups excluding carboxylic acids is 3. The van der Waals surface area contributed by atoms with Gasteiger partial charge in [0.1, 0.15) is 16.4 Å². The van der Waals surface area contributed by atoms with Crippen LogP contribution < -0.4 is 9.64 Å². The zero-order chi connectivity index (χ0) is 24.4. The number of nitrogens with zero attached hydrogens (tertiary/aromatic N) is 2. The van der Waals surface area contributed by atoms with Crippen molar-refractivity contribution >= 4 is 39.9 Å². The number of thiazole rings is 1. The number of rotatable bonds is 6. The number of amides is 1. The summed E-state index contributed by atoms with van der Waals surface area (Å²) in [6, 6.07) is 14.4. The predicted octanol–water partition coefficient (Wildman–Crippen LogP) is 4.26. The van der Waals surface area contributed by atoms with Crippen molar-refractivity contribution in [1.82, 2.24) is 4.98 Å². The number of methoxy groups -OCH3 is 1.